The number of carbonyl (C=O) groups is 3. The maximum atomic E-state index is 12.8. The first-order valence-corrected chi connectivity index (χ1v) is 31.1. The highest BCUT2D eigenvalue weighted by molar-refractivity contribution is 5.72. The molecular weight excluding hydrogens is 961 g/mol. The molecule has 0 aromatic carbocycles. The Balaban J connectivity index is 4.34. The second-order valence-corrected chi connectivity index (χ2v) is 19.9. The molecule has 1 atom stereocenters. The number of hydrogen-bond acceptors (Lipinski definition) is 6. The van der Waals surface area contributed by atoms with E-state index in [1.807, 2.05) is 6.08 Å². The Bertz CT molecular complexity index is 1810. The molecule has 0 spiro atoms. The second kappa shape index (κ2) is 64.3. The molecule has 0 saturated carbocycles. The van der Waals surface area contributed by atoms with Crippen molar-refractivity contribution in [2.24, 2.45) is 0 Å². The lowest BCUT2D eigenvalue weighted by Gasteiger charge is -2.18. The molecule has 1 unspecified atom stereocenters. The van der Waals surface area contributed by atoms with Crippen LogP contribution in [0.1, 0.15) is 245 Å². The van der Waals surface area contributed by atoms with E-state index >= 15 is 0 Å². The van der Waals surface area contributed by atoms with Gasteiger partial charge in [0.25, 0.3) is 0 Å². The van der Waals surface area contributed by atoms with Gasteiger partial charge in [0, 0.05) is 12.8 Å². The van der Waals surface area contributed by atoms with Crippen LogP contribution in [0.4, 0.5) is 0 Å². The molecule has 0 aliphatic carbocycles. The molecule has 0 heterocycles. The summed E-state index contributed by atoms with van der Waals surface area (Å²) in [4.78, 5) is 38.1. The van der Waals surface area contributed by atoms with Gasteiger partial charge in [-0.2, -0.15) is 0 Å². The van der Waals surface area contributed by atoms with Gasteiger partial charge in [0.2, 0.25) is 0 Å². The number of hydrogen-bond donors (Lipinski definition) is 0. The maximum Gasteiger partial charge on any atom is 0.310 e. The van der Waals surface area contributed by atoms with E-state index < -0.39 is 12.1 Å². The van der Waals surface area contributed by atoms with Gasteiger partial charge < -0.3 is 14.2 Å². The third-order valence-corrected chi connectivity index (χ3v) is 12.5. The van der Waals surface area contributed by atoms with Crippen molar-refractivity contribution in [2.75, 3.05) is 13.2 Å². The van der Waals surface area contributed by atoms with Gasteiger partial charge in [-0.15, -0.1) is 0 Å². The van der Waals surface area contributed by atoms with Crippen LogP contribution in [0.2, 0.25) is 0 Å². The average Bonchev–Trinajstić information content (AvgIpc) is 3.44. The fourth-order valence-electron chi connectivity index (χ4n) is 7.88. The number of esters is 3. The summed E-state index contributed by atoms with van der Waals surface area (Å²) in [5.41, 5.74) is 0. The molecule has 0 N–H and O–H groups in total. The molecule has 0 rings (SSSR count). The highest BCUT2D eigenvalue weighted by Gasteiger charge is 2.19. The summed E-state index contributed by atoms with van der Waals surface area (Å²) < 4.78 is 16.7. The minimum atomic E-state index is -0.847. The molecule has 436 valence electrons. The SMILES string of the molecule is CC/C=C\C/C=C\C/C=C\C/C=C\C/C=C\C/C=C\C/C=C\C/C=C\CCCCCCCCCCC(=O)OCC(COC(=O)CCCCCCC/C=C\CCCCC)OC(=O)C/C=C\C/C=C\C/C=C\C/C=C\C/C=C\CC. The summed E-state index contributed by atoms with van der Waals surface area (Å²) in [5.74, 6) is -1.09. The minimum Gasteiger partial charge on any atom is -0.462 e. The number of carbonyl (C=O) groups excluding carboxylic acids is 3. The van der Waals surface area contributed by atoms with Crippen molar-refractivity contribution in [3.63, 3.8) is 0 Å². The van der Waals surface area contributed by atoms with Crippen molar-refractivity contribution in [2.45, 2.75) is 252 Å². The van der Waals surface area contributed by atoms with E-state index in [-0.39, 0.29) is 31.6 Å². The molecule has 78 heavy (non-hydrogen) atoms. The van der Waals surface area contributed by atoms with Crippen molar-refractivity contribution >= 4 is 17.9 Å². The molecule has 6 heteroatoms. The summed E-state index contributed by atoms with van der Waals surface area (Å²) in [7, 11) is 0. The van der Waals surface area contributed by atoms with E-state index in [4.69, 9.17) is 14.2 Å². The number of ether oxygens (including phenoxy) is 3. The number of allylic oxidation sites excluding steroid dienone is 27. The van der Waals surface area contributed by atoms with Gasteiger partial charge in [0.15, 0.2) is 6.10 Å². The molecule has 0 aromatic rings. The van der Waals surface area contributed by atoms with Crippen LogP contribution in [0.5, 0.6) is 0 Å². The highest BCUT2D eigenvalue weighted by Crippen LogP contribution is 2.13. The second-order valence-electron chi connectivity index (χ2n) is 19.9. The first-order valence-electron chi connectivity index (χ1n) is 31.1. The lowest BCUT2D eigenvalue weighted by atomic mass is 10.1. The number of rotatable bonds is 54. The predicted molar refractivity (Wildman–Crippen MR) is 338 cm³/mol. The van der Waals surface area contributed by atoms with Crippen molar-refractivity contribution in [1.29, 1.82) is 0 Å². The van der Waals surface area contributed by atoms with Gasteiger partial charge in [0.05, 0.1) is 6.42 Å². The monoisotopic (exact) mass is 1070 g/mol. The van der Waals surface area contributed by atoms with Crippen LogP contribution >= 0.6 is 0 Å². The largest absolute Gasteiger partial charge is 0.462 e. The maximum absolute atomic E-state index is 12.8. The summed E-state index contributed by atoms with van der Waals surface area (Å²) in [6, 6.07) is 0. The van der Waals surface area contributed by atoms with Gasteiger partial charge in [-0.05, 0) is 135 Å². The molecule has 0 aliphatic heterocycles. The van der Waals surface area contributed by atoms with Gasteiger partial charge in [-0.3, -0.25) is 14.4 Å². The predicted octanol–water partition coefficient (Wildman–Crippen LogP) is 21.5. The molecule has 0 saturated heterocycles. The van der Waals surface area contributed by atoms with Crippen molar-refractivity contribution in [3.05, 3.63) is 170 Å². The third-order valence-electron chi connectivity index (χ3n) is 12.5. The Morgan fingerprint density at radius 1 is 0.282 bits per heavy atom. The van der Waals surface area contributed by atoms with E-state index in [1.54, 1.807) is 6.08 Å². The van der Waals surface area contributed by atoms with Gasteiger partial charge >= 0.3 is 17.9 Å². The zero-order valence-electron chi connectivity index (χ0n) is 49.9. The number of unbranched alkanes of at least 4 members (excludes halogenated alkanes) is 16. The standard InChI is InChI=1S/C72H112O6/c1-4-7-10-13-16-19-22-25-27-28-29-30-31-32-33-34-35-36-37-38-39-40-41-42-43-44-46-47-50-53-56-59-62-65-71(74)77-68-69(67-76-70(73)64-61-58-55-52-49-24-21-18-15-12-9-6-3)78-72(75)66-63-60-57-54-51-48-45-26-23-20-17-14-11-8-5-2/h7-8,10-11,16-21,25-27,29-30,32-33,35-36,38-39,41-42,45,51,54,60,63,69H,4-6,9,12-15,22-24,28,31,34,37,40,43-44,46-50,52-53,55-59,61-62,64-68H2,1-3H3/b10-7-,11-8-,19-16-,20-17-,21-18-,27-25-,30-29-,33-32-,36-35-,39-38-,42-41-,45-26-,54-51-,63-60-. The summed E-state index contributed by atoms with van der Waals surface area (Å²) >= 11 is 0. The molecular formula is C72H112O6. The zero-order chi connectivity index (χ0) is 56.4. The highest BCUT2D eigenvalue weighted by atomic mass is 16.6. The van der Waals surface area contributed by atoms with E-state index in [2.05, 4.69) is 179 Å². The molecule has 0 bridgehead atoms. The van der Waals surface area contributed by atoms with Gasteiger partial charge in [0.1, 0.15) is 13.2 Å². The van der Waals surface area contributed by atoms with Crippen LogP contribution in [-0.4, -0.2) is 37.2 Å². The Labute approximate surface area is 479 Å². The average molecular weight is 1070 g/mol. The van der Waals surface area contributed by atoms with Gasteiger partial charge in [-0.25, -0.2) is 0 Å². The molecule has 0 amide bonds. The fourth-order valence-corrected chi connectivity index (χ4v) is 7.88. The Morgan fingerprint density at radius 2 is 0.538 bits per heavy atom. The lowest BCUT2D eigenvalue weighted by Crippen LogP contribution is -2.30. The van der Waals surface area contributed by atoms with Crippen LogP contribution in [0, 0.1) is 0 Å². The normalized spacial score (nSPS) is 13.3. The van der Waals surface area contributed by atoms with E-state index in [9.17, 15) is 14.4 Å². The van der Waals surface area contributed by atoms with E-state index in [0.717, 1.165) is 135 Å². The topological polar surface area (TPSA) is 78.9 Å². The van der Waals surface area contributed by atoms with E-state index in [0.29, 0.717) is 19.3 Å². The van der Waals surface area contributed by atoms with Crippen molar-refractivity contribution < 1.29 is 28.6 Å². The van der Waals surface area contributed by atoms with Gasteiger partial charge in [-0.1, -0.05) is 262 Å². The fraction of sp³-hybridized carbons (Fsp3) is 0.569. The zero-order valence-corrected chi connectivity index (χ0v) is 49.9. The first kappa shape index (κ1) is 72.8. The van der Waals surface area contributed by atoms with E-state index in [1.165, 1.54) is 64.2 Å². The van der Waals surface area contributed by atoms with Crippen LogP contribution in [0.15, 0.2) is 170 Å². The molecule has 0 fully saturated rings. The van der Waals surface area contributed by atoms with Crippen LogP contribution in [0.25, 0.3) is 0 Å². The Hall–Kier alpha value is -5.23. The third kappa shape index (κ3) is 61.6. The summed E-state index contributed by atoms with van der Waals surface area (Å²) in [6.07, 6.45) is 95.3. The quantitative estimate of drug-likeness (QED) is 0.0261. The summed E-state index contributed by atoms with van der Waals surface area (Å²) in [5, 5.41) is 0. The molecule has 6 nitrogen and oxygen atoms in total. The molecule has 0 aliphatic rings. The minimum absolute atomic E-state index is 0.0861. The van der Waals surface area contributed by atoms with Crippen molar-refractivity contribution in [1.82, 2.24) is 0 Å². The molecule has 0 aromatic heterocycles. The summed E-state index contributed by atoms with van der Waals surface area (Å²) in [6.45, 7) is 6.27. The first-order chi connectivity index (χ1) is 38.5. The Kier molecular flexibility index (Phi) is 60.0. The van der Waals surface area contributed by atoms with Crippen LogP contribution in [0.3, 0.4) is 0 Å². The Morgan fingerprint density at radius 3 is 0.859 bits per heavy atom. The smallest absolute Gasteiger partial charge is 0.310 e. The van der Waals surface area contributed by atoms with Crippen LogP contribution in [-0.2, 0) is 28.6 Å². The van der Waals surface area contributed by atoms with Crippen molar-refractivity contribution in [3.8, 4) is 0 Å². The van der Waals surface area contributed by atoms with Crippen LogP contribution < -0.4 is 0 Å². The molecule has 0 radical (unpaired) electrons. The lowest BCUT2D eigenvalue weighted by molar-refractivity contribution is -0.166.